The zero-order valence-corrected chi connectivity index (χ0v) is 9.25. The zero-order chi connectivity index (χ0) is 11.3. The zero-order valence-electron chi connectivity index (χ0n) is 7.68. The van der Waals surface area contributed by atoms with E-state index in [1.54, 1.807) is 0 Å². The van der Waals surface area contributed by atoms with E-state index >= 15 is 0 Å². The van der Waals surface area contributed by atoms with Gasteiger partial charge in [-0.15, -0.1) is 11.6 Å². The van der Waals surface area contributed by atoms with Crippen LogP contribution in [0.1, 0.15) is 0 Å². The van der Waals surface area contributed by atoms with Gasteiger partial charge in [-0.1, -0.05) is 0 Å². The number of sulfone groups is 1. The molecule has 0 aliphatic heterocycles. The van der Waals surface area contributed by atoms with Crippen LogP contribution in [0.3, 0.4) is 0 Å². The maximum absolute atomic E-state index is 11.5. The number of hydrogen-bond donors (Lipinski definition) is 0. The molecule has 0 aromatic heterocycles. The summed E-state index contributed by atoms with van der Waals surface area (Å²) in [4.78, 5) is 13.5. The molecule has 0 saturated heterocycles. The van der Waals surface area contributed by atoms with Gasteiger partial charge in [-0.2, -0.15) is 4.99 Å². The Hall–Kier alpha value is -1.16. The van der Waals surface area contributed by atoms with Gasteiger partial charge in [-0.3, -0.25) is 0 Å². The lowest BCUT2D eigenvalue weighted by Gasteiger charge is -2.01. The van der Waals surface area contributed by atoms with Crippen LogP contribution in [0.4, 0.5) is 5.69 Å². The molecule has 15 heavy (non-hydrogen) atoms. The third kappa shape index (κ3) is 3.16. The summed E-state index contributed by atoms with van der Waals surface area (Å²) in [6, 6.07) is 5.65. The largest absolute Gasteiger partial charge is 0.240 e. The van der Waals surface area contributed by atoms with Gasteiger partial charge in [-0.25, -0.2) is 13.2 Å². The first kappa shape index (κ1) is 11.9. The van der Waals surface area contributed by atoms with Gasteiger partial charge in [0.25, 0.3) is 0 Å². The summed E-state index contributed by atoms with van der Waals surface area (Å²) >= 11 is 5.37. The molecular formula is C9H8ClNO3S. The van der Waals surface area contributed by atoms with E-state index < -0.39 is 9.84 Å². The molecule has 1 aromatic rings. The van der Waals surface area contributed by atoms with Crippen LogP contribution in [-0.2, 0) is 14.6 Å². The third-order valence-electron chi connectivity index (χ3n) is 1.72. The molecule has 4 nitrogen and oxygen atoms in total. The molecule has 0 N–H and O–H groups in total. The quantitative estimate of drug-likeness (QED) is 0.460. The molecule has 0 aliphatic rings. The fourth-order valence-corrected chi connectivity index (χ4v) is 2.60. The van der Waals surface area contributed by atoms with E-state index in [1.165, 1.54) is 30.3 Å². The van der Waals surface area contributed by atoms with Crippen molar-refractivity contribution in [2.45, 2.75) is 4.90 Å². The highest BCUT2D eigenvalue weighted by Crippen LogP contribution is 2.17. The van der Waals surface area contributed by atoms with E-state index in [4.69, 9.17) is 11.6 Å². The Balaban J connectivity index is 3.03. The number of nitrogens with zero attached hydrogens (tertiary/aromatic N) is 1. The van der Waals surface area contributed by atoms with E-state index in [1.807, 2.05) is 0 Å². The number of isocyanates is 1. The van der Waals surface area contributed by atoms with Gasteiger partial charge in [-0.05, 0) is 24.3 Å². The van der Waals surface area contributed by atoms with Crippen molar-refractivity contribution in [3.05, 3.63) is 24.3 Å². The molecule has 1 aromatic carbocycles. The maximum Gasteiger partial charge on any atom is 0.240 e. The van der Waals surface area contributed by atoms with Gasteiger partial charge in [0.2, 0.25) is 6.08 Å². The molecule has 0 heterocycles. The van der Waals surface area contributed by atoms with Crippen LogP contribution in [0, 0.1) is 0 Å². The molecule has 0 amide bonds. The third-order valence-corrected chi connectivity index (χ3v) is 3.86. The Morgan fingerprint density at radius 2 is 1.87 bits per heavy atom. The minimum absolute atomic E-state index is 0.0522. The van der Waals surface area contributed by atoms with E-state index in [2.05, 4.69) is 4.99 Å². The first-order chi connectivity index (χ1) is 7.10. The molecule has 6 heteroatoms. The molecule has 0 radical (unpaired) electrons. The summed E-state index contributed by atoms with van der Waals surface area (Å²) < 4.78 is 23.0. The molecule has 0 atom stereocenters. The minimum atomic E-state index is -3.31. The average Bonchev–Trinajstić information content (AvgIpc) is 2.19. The second kappa shape index (κ2) is 5.07. The van der Waals surface area contributed by atoms with Crippen LogP contribution in [0.25, 0.3) is 0 Å². The van der Waals surface area contributed by atoms with Gasteiger partial charge >= 0.3 is 0 Å². The van der Waals surface area contributed by atoms with Gasteiger partial charge in [0.05, 0.1) is 16.3 Å². The van der Waals surface area contributed by atoms with E-state index in [9.17, 15) is 13.2 Å². The first-order valence-corrected chi connectivity index (χ1v) is 6.25. The highest BCUT2D eigenvalue weighted by molar-refractivity contribution is 7.91. The summed E-state index contributed by atoms with van der Waals surface area (Å²) in [6.07, 6.45) is 1.37. The number of rotatable bonds is 4. The first-order valence-electron chi connectivity index (χ1n) is 4.07. The summed E-state index contributed by atoms with van der Waals surface area (Å²) in [5.41, 5.74) is 0.370. The minimum Gasteiger partial charge on any atom is -0.224 e. The van der Waals surface area contributed by atoms with E-state index in [0.29, 0.717) is 5.69 Å². The fourth-order valence-electron chi connectivity index (χ4n) is 1.00. The Morgan fingerprint density at radius 1 is 1.27 bits per heavy atom. The highest BCUT2D eigenvalue weighted by atomic mass is 35.5. The second-order valence-electron chi connectivity index (χ2n) is 2.70. The number of alkyl halides is 1. The van der Waals surface area contributed by atoms with Gasteiger partial charge in [0.1, 0.15) is 0 Å². The number of hydrogen-bond acceptors (Lipinski definition) is 4. The standard InChI is InChI=1S/C9H8ClNO3S/c10-5-6-15(13,14)9-3-1-8(2-4-9)11-7-12/h1-4H,5-6H2. The normalized spacial score (nSPS) is 10.7. The number of aliphatic imine (C=N–C) groups is 1. The van der Waals surface area contributed by atoms with Crippen LogP contribution in [0.5, 0.6) is 0 Å². The Labute approximate surface area is 92.5 Å². The van der Waals surface area contributed by atoms with Crippen LogP contribution in [0.15, 0.2) is 34.2 Å². The van der Waals surface area contributed by atoms with Crippen molar-refractivity contribution in [2.24, 2.45) is 4.99 Å². The fraction of sp³-hybridized carbons (Fsp3) is 0.222. The molecule has 0 bridgehead atoms. The van der Waals surface area contributed by atoms with Crippen molar-refractivity contribution < 1.29 is 13.2 Å². The molecule has 0 saturated carbocycles. The summed E-state index contributed by atoms with van der Waals surface area (Å²) in [5.74, 6) is -0.0541. The highest BCUT2D eigenvalue weighted by Gasteiger charge is 2.12. The van der Waals surface area contributed by atoms with Crippen molar-refractivity contribution in [2.75, 3.05) is 11.6 Å². The Bertz CT molecular complexity index is 475. The Kier molecular flexibility index (Phi) is 4.03. The summed E-state index contributed by atoms with van der Waals surface area (Å²) in [6.45, 7) is 0. The predicted octanol–water partition coefficient (Wildman–Crippen LogP) is 1.67. The number of carbonyl (C=O) groups excluding carboxylic acids is 1. The van der Waals surface area contributed by atoms with E-state index in [-0.39, 0.29) is 16.5 Å². The predicted molar refractivity (Wildman–Crippen MR) is 57.0 cm³/mol. The molecule has 0 fully saturated rings. The SMILES string of the molecule is O=C=Nc1ccc(S(=O)(=O)CCCl)cc1. The second-order valence-corrected chi connectivity index (χ2v) is 5.19. The lowest BCUT2D eigenvalue weighted by Crippen LogP contribution is -2.07. The van der Waals surface area contributed by atoms with Crippen LogP contribution in [0.2, 0.25) is 0 Å². The van der Waals surface area contributed by atoms with Crippen molar-refractivity contribution in [1.29, 1.82) is 0 Å². The summed E-state index contributed by atoms with van der Waals surface area (Å²) in [7, 11) is -3.31. The smallest absolute Gasteiger partial charge is 0.224 e. The van der Waals surface area contributed by atoms with Crippen molar-refractivity contribution in [3.63, 3.8) is 0 Å². The molecule has 80 valence electrons. The number of halogens is 1. The van der Waals surface area contributed by atoms with E-state index in [0.717, 1.165) is 0 Å². The topological polar surface area (TPSA) is 63.6 Å². The number of benzene rings is 1. The lowest BCUT2D eigenvalue weighted by atomic mass is 10.3. The monoisotopic (exact) mass is 245 g/mol. The average molecular weight is 246 g/mol. The molecule has 0 unspecified atom stereocenters. The van der Waals surface area contributed by atoms with Crippen LogP contribution < -0.4 is 0 Å². The van der Waals surface area contributed by atoms with Gasteiger partial charge in [0.15, 0.2) is 9.84 Å². The molecular weight excluding hydrogens is 238 g/mol. The van der Waals surface area contributed by atoms with Crippen molar-refractivity contribution >= 4 is 33.2 Å². The maximum atomic E-state index is 11.5. The lowest BCUT2D eigenvalue weighted by molar-refractivity contribution is 0.565. The molecule has 0 spiro atoms. The Morgan fingerprint density at radius 3 is 2.33 bits per heavy atom. The summed E-state index contributed by atoms with van der Waals surface area (Å²) in [5, 5.41) is 0. The molecule has 1 rings (SSSR count). The molecule has 0 aliphatic carbocycles. The van der Waals surface area contributed by atoms with Crippen molar-refractivity contribution in [1.82, 2.24) is 0 Å². The van der Waals surface area contributed by atoms with Gasteiger partial charge in [0, 0.05) is 5.88 Å². The van der Waals surface area contributed by atoms with Crippen LogP contribution >= 0.6 is 11.6 Å². The van der Waals surface area contributed by atoms with Gasteiger partial charge < -0.3 is 0 Å². The van der Waals surface area contributed by atoms with Crippen LogP contribution in [-0.4, -0.2) is 26.1 Å². The van der Waals surface area contributed by atoms with Crippen molar-refractivity contribution in [3.8, 4) is 0 Å².